The van der Waals surface area contributed by atoms with Gasteiger partial charge < -0.3 is 19.5 Å². The molecule has 5 nitrogen and oxygen atoms in total. The van der Waals surface area contributed by atoms with Crippen molar-refractivity contribution in [2.45, 2.75) is 29.7 Å². The van der Waals surface area contributed by atoms with E-state index in [-0.39, 0.29) is 12.0 Å². The van der Waals surface area contributed by atoms with Crippen LogP contribution in [0.1, 0.15) is 24.3 Å². The van der Waals surface area contributed by atoms with Crippen molar-refractivity contribution < 1.29 is 18.8 Å². The van der Waals surface area contributed by atoms with E-state index in [1.807, 2.05) is 12.1 Å². The van der Waals surface area contributed by atoms with Crippen molar-refractivity contribution in [2.75, 3.05) is 30.3 Å². The highest BCUT2D eigenvalue weighted by Gasteiger charge is 2.46. The van der Waals surface area contributed by atoms with Crippen molar-refractivity contribution in [3.63, 3.8) is 0 Å². The first-order chi connectivity index (χ1) is 13.9. The van der Waals surface area contributed by atoms with E-state index in [1.54, 1.807) is 6.07 Å². The molecular formula is C21H20ClFN2O3S. The van der Waals surface area contributed by atoms with Crippen LogP contribution in [0.15, 0.2) is 35.2 Å². The summed E-state index contributed by atoms with van der Waals surface area (Å²) in [5, 5.41) is 9.79. The van der Waals surface area contributed by atoms with Gasteiger partial charge in [-0.2, -0.15) is 0 Å². The van der Waals surface area contributed by atoms with Gasteiger partial charge in [0.2, 0.25) is 0 Å². The number of nitrogens with zero attached hydrogens (tertiary/aromatic N) is 2. The van der Waals surface area contributed by atoms with Crippen molar-refractivity contribution in [1.82, 2.24) is 4.90 Å². The van der Waals surface area contributed by atoms with Crippen LogP contribution >= 0.6 is 11.6 Å². The zero-order valence-electron chi connectivity index (χ0n) is 15.6. The number of hydrogen-bond donors (Lipinski definition) is 1. The summed E-state index contributed by atoms with van der Waals surface area (Å²) >= 11 is 5.17. The van der Waals surface area contributed by atoms with Gasteiger partial charge in [-0.1, -0.05) is 11.6 Å². The summed E-state index contributed by atoms with van der Waals surface area (Å²) < 4.78 is 26.6. The molecule has 0 spiro atoms. The largest absolute Gasteiger partial charge is 0.611 e. The summed E-state index contributed by atoms with van der Waals surface area (Å²) in [4.78, 5) is 16.2. The molecular weight excluding hydrogens is 415 g/mol. The summed E-state index contributed by atoms with van der Waals surface area (Å²) in [5.41, 5.74) is 3.52. The molecule has 2 aromatic rings. The number of fused-ring (bicyclic) bond motifs is 3. The van der Waals surface area contributed by atoms with E-state index in [0.29, 0.717) is 29.4 Å². The van der Waals surface area contributed by atoms with Crippen molar-refractivity contribution in [1.29, 1.82) is 0 Å². The van der Waals surface area contributed by atoms with Crippen LogP contribution in [0.4, 0.5) is 14.9 Å². The van der Waals surface area contributed by atoms with Gasteiger partial charge in [0.15, 0.2) is 4.90 Å². The molecule has 1 unspecified atom stereocenters. The topological polar surface area (TPSA) is 66.8 Å². The fourth-order valence-electron chi connectivity index (χ4n) is 4.98. The molecule has 3 aliphatic rings. The van der Waals surface area contributed by atoms with Crippen molar-refractivity contribution in [3.05, 3.63) is 46.7 Å². The molecule has 0 bridgehead atoms. The lowest BCUT2D eigenvalue weighted by atomic mass is 9.88. The van der Waals surface area contributed by atoms with Gasteiger partial charge in [-0.3, -0.25) is 0 Å². The maximum Gasteiger partial charge on any atom is 0.407 e. The van der Waals surface area contributed by atoms with E-state index < -0.39 is 23.1 Å². The first-order valence-corrected chi connectivity index (χ1v) is 11.4. The quantitative estimate of drug-likeness (QED) is 0.679. The van der Waals surface area contributed by atoms with Crippen LogP contribution in [-0.2, 0) is 11.2 Å². The Bertz CT molecular complexity index is 1000. The lowest BCUT2D eigenvalue weighted by Crippen LogP contribution is -2.48. The van der Waals surface area contributed by atoms with Crippen LogP contribution in [0.2, 0.25) is 5.02 Å². The summed E-state index contributed by atoms with van der Waals surface area (Å²) in [6.07, 6.45) is 0.681. The van der Waals surface area contributed by atoms with Gasteiger partial charge in [0.1, 0.15) is 11.6 Å². The van der Waals surface area contributed by atoms with Crippen LogP contribution in [0.3, 0.4) is 0 Å². The summed E-state index contributed by atoms with van der Waals surface area (Å²) in [5.74, 6) is 0.224. The number of likely N-dealkylation sites (tertiary alicyclic amines) is 1. The van der Waals surface area contributed by atoms with E-state index in [9.17, 15) is 18.8 Å². The molecule has 1 fully saturated rings. The Hall–Kier alpha value is -1.96. The van der Waals surface area contributed by atoms with Gasteiger partial charge in [0.05, 0.1) is 10.7 Å². The maximum atomic E-state index is 13.5. The lowest BCUT2D eigenvalue weighted by molar-refractivity contribution is 0.127. The average molecular weight is 435 g/mol. The molecule has 8 heteroatoms. The smallest absolute Gasteiger partial charge is 0.407 e. The molecule has 3 heterocycles. The van der Waals surface area contributed by atoms with E-state index in [4.69, 9.17) is 11.6 Å². The lowest BCUT2D eigenvalue weighted by Gasteiger charge is -2.37. The molecule has 0 aliphatic carbocycles. The minimum atomic E-state index is -1.14. The van der Waals surface area contributed by atoms with E-state index >= 15 is 0 Å². The Morgan fingerprint density at radius 2 is 2.10 bits per heavy atom. The maximum absolute atomic E-state index is 13.5. The van der Waals surface area contributed by atoms with Crippen LogP contribution in [0, 0.1) is 5.82 Å². The number of carboxylic acid groups (broad SMARTS) is 1. The number of piperidine rings is 1. The average Bonchev–Trinajstić information content (AvgIpc) is 2.89. The van der Waals surface area contributed by atoms with E-state index in [1.165, 1.54) is 17.0 Å². The Balaban J connectivity index is 1.68. The standard InChI is InChI=1S/C21H20ClFN2O3S/c22-17-10-13(23)2-3-14(17)12-8-15-16-11-24(21(26)27)6-4-18(16)25-5-1-7-29(28)19(9-12)20(15)25/h2-3,8-10,16,18H,1,4-7,11H2,(H,26,27)/t16-,18-,29?/m0/s1. The first-order valence-electron chi connectivity index (χ1n) is 9.70. The number of benzene rings is 2. The van der Waals surface area contributed by atoms with Crippen molar-refractivity contribution in [2.24, 2.45) is 0 Å². The summed E-state index contributed by atoms with van der Waals surface area (Å²) in [6, 6.07) is 8.45. The number of amides is 1. The molecule has 5 rings (SSSR count). The third-order valence-corrected chi connectivity index (χ3v) is 8.03. The number of rotatable bonds is 1. The zero-order valence-corrected chi connectivity index (χ0v) is 17.2. The van der Waals surface area contributed by atoms with Crippen LogP contribution in [-0.4, -0.2) is 52.1 Å². The van der Waals surface area contributed by atoms with Gasteiger partial charge >= 0.3 is 6.09 Å². The third-order valence-electron chi connectivity index (χ3n) is 6.25. The first kappa shape index (κ1) is 19.0. The number of halogens is 2. The molecule has 1 amide bonds. The van der Waals surface area contributed by atoms with Gasteiger partial charge in [0.25, 0.3) is 0 Å². The predicted octanol–water partition coefficient (Wildman–Crippen LogP) is 4.31. The van der Waals surface area contributed by atoms with Gasteiger partial charge in [-0.25, -0.2) is 9.18 Å². The predicted molar refractivity (Wildman–Crippen MR) is 111 cm³/mol. The molecule has 3 aliphatic heterocycles. The highest BCUT2D eigenvalue weighted by atomic mass is 35.5. The monoisotopic (exact) mass is 434 g/mol. The minimum Gasteiger partial charge on any atom is -0.611 e. The van der Waals surface area contributed by atoms with Gasteiger partial charge in [0, 0.05) is 49.6 Å². The Labute approximate surface area is 176 Å². The van der Waals surface area contributed by atoms with Crippen molar-refractivity contribution in [3.8, 4) is 11.1 Å². The zero-order chi connectivity index (χ0) is 20.3. The molecule has 29 heavy (non-hydrogen) atoms. The molecule has 1 N–H and O–H groups in total. The fourth-order valence-corrected chi connectivity index (χ4v) is 6.58. The summed E-state index contributed by atoms with van der Waals surface area (Å²) in [6.45, 7) is 1.77. The molecule has 3 atom stereocenters. The van der Waals surface area contributed by atoms with Crippen LogP contribution in [0.25, 0.3) is 11.1 Å². The van der Waals surface area contributed by atoms with E-state index in [2.05, 4.69) is 4.90 Å². The SMILES string of the molecule is O=C(O)N1CC[C@H]2[C@@H](C1)c1cc(-c3ccc(F)cc3Cl)cc3c1N2CCC[S+]3[O-]. The number of hydrogen-bond acceptors (Lipinski definition) is 3. The van der Waals surface area contributed by atoms with Crippen LogP contribution in [0.5, 0.6) is 0 Å². The second-order valence-corrected chi connectivity index (χ2v) is 9.77. The third kappa shape index (κ3) is 3.07. The Morgan fingerprint density at radius 3 is 2.86 bits per heavy atom. The molecule has 0 aromatic heterocycles. The molecule has 0 radical (unpaired) electrons. The Kier molecular flexibility index (Phi) is 4.64. The Morgan fingerprint density at radius 1 is 1.28 bits per heavy atom. The number of carbonyl (C=O) groups is 1. The molecule has 0 saturated carbocycles. The van der Waals surface area contributed by atoms with Crippen LogP contribution < -0.4 is 4.90 Å². The van der Waals surface area contributed by atoms with Gasteiger partial charge in [-0.05, 0) is 53.0 Å². The fraction of sp³-hybridized carbons (Fsp3) is 0.381. The second-order valence-electron chi connectivity index (χ2n) is 7.82. The normalized spacial score (nSPS) is 25.4. The summed E-state index contributed by atoms with van der Waals surface area (Å²) in [7, 11) is 0. The second kappa shape index (κ2) is 7.07. The molecule has 1 saturated heterocycles. The number of anilines is 1. The van der Waals surface area contributed by atoms with Gasteiger partial charge in [-0.15, -0.1) is 0 Å². The van der Waals surface area contributed by atoms with Crippen molar-refractivity contribution >= 4 is 34.6 Å². The molecule has 2 aromatic carbocycles. The minimum absolute atomic E-state index is 0.0304. The highest BCUT2D eigenvalue weighted by molar-refractivity contribution is 7.91. The highest BCUT2D eigenvalue weighted by Crippen LogP contribution is 2.51. The molecule has 152 valence electrons. The van der Waals surface area contributed by atoms with E-state index in [0.717, 1.165) is 41.1 Å².